The van der Waals surface area contributed by atoms with Gasteiger partial charge in [0.05, 0.1) is 0 Å². The molecular formula is C24H20. The van der Waals surface area contributed by atoms with Gasteiger partial charge in [0.15, 0.2) is 0 Å². The zero-order valence-corrected chi connectivity index (χ0v) is 14.1. The molecule has 0 saturated carbocycles. The SMILES string of the molecule is CC(=C=C=C=C=C(C)C=Cc1ccccc1)C=Cc1ccccc1. The van der Waals surface area contributed by atoms with Gasteiger partial charge in [-0.25, -0.2) is 0 Å². The Morgan fingerprint density at radius 3 is 1.38 bits per heavy atom. The van der Waals surface area contributed by atoms with Gasteiger partial charge in [-0.05, 0) is 47.6 Å². The lowest BCUT2D eigenvalue weighted by atomic mass is 10.2. The van der Waals surface area contributed by atoms with E-state index in [1.807, 2.05) is 62.4 Å². The van der Waals surface area contributed by atoms with Gasteiger partial charge in [0.1, 0.15) is 0 Å². The number of rotatable bonds is 4. The van der Waals surface area contributed by atoms with Crippen LogP contribution in [0.1, 0.15) is 25.0 Å². The molecule has 2 rings (SSSR count). The highest BCUT2D eigenvalue weighted by Gasteiger charge is 1.83. The number of benzene rings is 2. The lowest BCUT2D eigenvalue weighted by Crippen LogP contribution is -1.69. The molecular weight excluding hydrogens is 288 g/mol. The minimum Gasteiger partial charge on any atom is -0.0622 e. The molecule has 0 bridgehead atoms. The van der Waals surface area contributed by atoms with Gasteiger partial charge in [-0.15, -0.1) is 0 Å². The second-order valence-electron chi connectivity index (χ2n) is 5.35. The highest BCUT2D eigenvalue weighted by molar-refractivity contribution is 5.53. The number of hydrogen-bond acceptors (Lipinski definition) is 0. The Hall–Kier alpha value is -3.22. The summed E-state index contributed by atoms with van der Waals surface area (Å²) in [7, 11) is 0. The maximum atomic E-state index is 3.05. The molecule has 0 aromatic heterocycles. The second-order valence-corrected chi connectivity index (χ2v) is 5.35. The van der Waals surface area contributed by atoms with E-state index in [0.717, 1.165) is 11.1 Å². The Bertz CT molecular complexity index is 806. The van der Waals surface area contributed by atoms with Crippen LogP contribution >= 0.6 is 0 Å². The maximum Gasteiger partial charge on any atom is -0.0000285 e. The molecule has 116 valence electrons. The molecule has 0 atom stereocenters. The fraction of sp³-hybridized carbons (Fsp3) is 0.0833. The minimum absolute atomic E-state index is 0.991. The van der Waals surface area contributed by atoms with Crippen molar-refractivity contribution in [3.05, 3.63) is 118 Å². The summed E-state index contributed by atoms with van der Waals surface area (Å²) in [4.78, 5) is 0. The molecule has 2 aromatic rings. The zero-order chi connectivity index (χ0) is 17.0. The van der Waals surface area contributed by atoms with Crippen molar-refractivity contribution in [2.75, 3.05) is 0 Å². The summed E-state index contributed by atoms with van der Waals surface area (Å²) < 4.78 is 0. The van der Waals surface area contributed by atoms with Crippen LogP contribution in [0.25, 0.3) is 12.2 Å². The van der Waals surface area contributed by atoms with Gasteiger partial charge in [-0.1, -0.05) is 96.4 Å². The van der Waals surface area contributed by atoms with E-state index < -0.39 is 0 Å². The summed E-state index contributed by atoms with van der Waals surface area (Å²) in [6, 6.07) is 20.4. The summed E-state index contributed by atoms with van der Waals surface area (Å²) in [5, 5.41) is 0. The standard InChI is InChI=1S/C24H20/c1-21(17-19-23-13-5-3-6-14-23)11-9-10-12-22(2)18-20-24-15-7-4-8-16-24/h3-8,13-20H,1-2H3. The monoisotopic (exact) mass is 308 g/mol. The lowest BCUT2D eigenvalue weighted by Gasteiger charge is -1.90. The lowest BCUT2D eigenvalue weighted by molar-refractivity contribution is 1.55. The molecule has 0 aliphatic heterocycles. The molecule has 0 spiro atoms. The summed E-state index contributed by atoms with van der Waals surface area (Å²) in [6.07, 6.45) is 8.13. The zero-order valence-electron chi connectivity index (χ0n) is 14.1. The Morgan fingerprint density at radius 2 is 1.00 bits per heavy atom. The normalized spacial score (nSPS) is 9.92. The van der Waals surface area contributed by atoms with E-state index in [2.05, 4.69) is 59.3 Å². The van der Waals surface area contributed by atoms with Crippen molar-refractivity contribution in [3.8, 4) is 0 Å². The molecule has 0 N–H and O–H groups in total. The summed E-state index contributed by atoms with van der Waals surface area (Å²) >= 11 is 0. The van der Waals surface area contributed by atoms with Crippen LogP contribution in [0.4, 0.5) is 0 Å². The molecule has 0 heteroatoms. The fourth-order valence-electron chi connectivity index (χ4n) is 1.91. The third-order valence-corrected chi connectivity index (χ3v) is 3.23. The average Bonchev–Trinajstić information content (AvgIpc) is 2.63. The average molecular weight is 308 g/mol. The highest BCUT2D eigenvalue weighted by Crippen LogP contribution is 2.04. The van der Waals surface area contributed by atoms with E-state index in [1.54, 1.807) is 0 Å². The van der Waals surface area contributed by atoms with E-state index in [9.17, 15) is 0 Å². The molecule has 24 heavy (non-hydrogen) atoms. The molecule has 0 amide bonds. The van der Waals surface area contributed by atoms with Crippen molar-refractivity contribution in [2.45, 2.75) is 13.8 Å². The van der Waals surface area contributed by atoms with Crippen LogP contribution in [-0.2, 0) is 0 Å². The van der Waals surface area contributed by atoms with Gasteiger partial charge >= 0.3 is 0 Å². The van der Waals surface area contributed by atoms with E-state index >= 15 is 0 Å². The van der Waals surface area contributed by atoms with Crippen LogP contribution in [0.15, 0.2) is 107 Å². The molecule has 2 aromatic carbocycles. The molecule has 0 unspecified atom stereocenters. The summed E-state index contributed by atoms with van der Waals surface area (Å²) in [5.74, 6) is 0. The first-order valence-corrected chi connectivity index (χ1v) is 7.89. The van der Waals surface area contributed by atoms with E-state index in [0.29, 0.717) is 0 Å². The van der Waals surface area contributed by atoms with Gasteiger partial charge in [0.2, 0.25) is 0 Å². The van der Waals surface area contributed by atoms with Crippen LogP contribution in [0, 0.1) is 0 Å². The first-order valence-electron chi connectivity index (χ1n) is 7.89. The van der Waals surface area contributed by atoms with Gasteiger partial charge in [-0.2, -0.15) is 0 Å². The van der Waals surface area contributed by atoms with Crippen molar-refractivity contribution < 1.29 is 0 Å². The fourth-order valence-corrected chi connectivity index (χ4v) is 1.91. The van der Waals surface area contributed by atoms with Crippen LogP contribution in [0.5, 0.6) is 0 Å². The molecule has 0 saturated heterocycles. The topological polar surface area (TPSA) is 0 Å². The molecule has 0 aliphatic carbocycles. The Kier molecular flexibility index (Phi) is 6.95. The molecule has 0 heterocycles. The predicted molar refractivity (Wildman–Crippen MR) is 103 cm³/mol. The minimum atomic E-state index is 0.991. The third-order valence-electron chi connectivity index (χ3n) is 3.23. The molecule has 0 aliphatic rings. The number of allylic oxidation sites excluding steroid dienone is 4. The van der Waals surface area contributed by atoms with Crippen LogP contribution in [0.3, 0.4) is 0 Å². The van der Waals surface area contributed by atoms with Crippen molar-refractivity contribution in [1.29, 1.82) is 0 Å². The van der Waals surface area contributed by atoms with Gasteiger partial charge < -0.3 is 0 Å². The summed E-state index contributed by atoms with van der Waals surface area (Å²) in [5.41, 5.74) is 16.2. The maximum absolute atomic E-state index is 3.05. The Labute approximate surface area is 144 Å². The Balaban J connectivity index is 2.11. The molecule has 0 radical (unpaired) electrons. The molecule has 0 nitrogen and oxygen atoms in total. The van der Waals surface area contributed by atoms with Gasteiger partial charge in [-0.3, -0.25) is 0 Å². The molecule has 0 fully saturated rings. The van der Waals surface area contributed by atoms with Crippen molar-refractivity contribution in [3.63, 3.8) is 0 Å². The van der Waals surface area contributed by atoms with Gasteiger partial charge in [0, 0.05) is 0 Å². The first-order chi connectivity index (χ1) is 11.7. The quantitative estimate of drug-likeness (QED) is 0.455. The van der Waals surface area contributed by atoms with Crippen LogP contribution < -0.4 is 0 Å². The second kappa shape index (κ2) is 9.73. The number of hydrogen-bond donors (Lipinski definition) is 0. The largest absolute Gasteiger partial charge is 0.0622 e. The van der Waals surface area contributed by atoms with E-state index in [-0.39, 0.29) is 0 Å². The van der Waals surface area contributed by atoms with Crippen LogP contribution in [-0.4, -0.2) is 0 Å². The van der Waals surface area contributed by atoms with Crippen molar-refractivity contribution >= 4 is 12.2 Å². The van der Waals surface area contributed by atoms with E-state index in [4.69, 9.17) is 0 Å². The van der Waals surface area contributed by atoms with Crippen molar-refractivity contribution in [2.24, 2.45) is 0 Å². The van der Waals surface area contributed by atoms with E-state index in [1.165, 1.54) is 11.1 Å². The van der Waals surface area contributed by atoms with Gasteiger partial charge in [0.25, 0.3) is 0 Å². The highest BCUT2D eigenvalue weighted by atomic mass is 13.9. The predicted octanol–water partition coefficient (Wildman–Crippen LogP) is 6.37. The van der Waals surface area contributed by atoms with Crippen molar-refractivity contribution in [1.82, 2.24) is 0 Å². The Morgan fingerprint density at radius 1 is 0.625 bits per heavy atom. The summed E-state index contributed by atoms with van der Waals surface area (Å²) in [6.45, 7) is 3.97. The first kappa shape index (κ1) is 17.1. The van der Waals surface area contributed by atoms with Crippen LogP contribution in [0.2, 0.25) is 0 Å². The smallest absolute Gasteiger partial charge is 0.0000285 e. The third kappa shape index (κ3) is 6.69.